The summed E-state index contributed by atoms with van der Waals surface area (Å²) >= 11 is 0. The van der Waals surface area contributed by atoms with Crippen molar-refractivity contribution in [2.75, 3.05) is 46.4 Å². The van der Waals surface area contributed by atoms with Gasteiger partial charge in [-0.3, -0.25) is 4.79 Å². The van der Waals surface area contributed by atoms with Crippen LogP contribution in [0.2, 0.25) is 0 Å². The van der Waals surface area contributed by atoms with Crippen molar-refractivity contribution < 1.29 is 30.6 Å². The van der Waals surface area contributed by atoms with Gasteiger partial charge in [-0.05, 0) is 13.1 Å². The Morgan fingerprint density at radius 1 is 1.30 bits per heavy atom. The van der Waals surface area contributed by atoms with Crippen LogP contribution in [0.3, 0.4) is 0 Å². The number of amides is 1. The Balaban J connectivity index is 0. The first-order chi connectivity index (χ1) is 9.20. The van der Waals surface area contributed by atoms with Crippen LogP contribution in [-0.4, -0.2) is 57.2 Å². The minimum Gasteiger partial charge on any atom is -0.680 e. The molecule has 0 atom stereocenters. The standard InChI is InChI=1S/C13H25N2O2.CH4N.W/c1-12(2)13(16)14-6-10-17-11-9-15-7-4-3-5-8-15;1-2;/h3,12H,4-11H2,1-2H3,(H,14,16);2H,1H3;/q2*-1;+2. The molecule has 1 aliphatic rings. The molecule has 0 bridgehead atoms. The molecule has 0 aromatic carbocycles. The smallest absolute Gasteiger partial charge is 0.680 e. The average Bonchev–Trinajstić information content (AvgIpc) is 2.45. The third-order valence-corrected chi connectivity index (χ3v) is 2.92. The van der Waals surface area contributed by atoms with Gasteiger partial charge in [0.25, 0.3) is 0 Å². The zero-order chi connectivity index (χ0) is 14.5. The van der Waals surface area contributed by atoms with Crippen LogP contribution in [0.15, 0.2) is 0 Å². The van der Waals surface area contributed by atoms with Gasteiger partial charge in [0, 0.05) is 19.0 Å². The number of hydrogen-bond donors (Lipinski definition) is 1. The number of nitrogens with zero attached hydrogens (tertiary/aromatic N) is 1. The molecule has 1 aliphatic heterocycles. The fraction of sp³-hybridized carbons (Fsp3) is 0.857. The first kappa shape index (κ1) is 22.3. The topological polar surface area (TPSA) is 65.4 Å². The summed E-state index contributed by atoms with van der Waals surface area (Å²) in [6, 6.07) is 0. The number of piperidine rings is 1. The van der Waals surface area contributed by atoms with E-state index in [1.54, 1.807) is 0 Å². The molecular weight excluding hydrogens is 426 g/mol. The van der Waals surface area contributed by atoms with Crippen molar-refractivity contribution in [2.45, 2.75) is 26.7 Å². The predicted octanol–water partition coefficient (Wildman–Crippen LogP) is 1.74. The van der Waals surface area contributed by atoms with Crippen LogP contribution in [0.5, 0.6) is 0 Å². The van der Waals surface area contributed by atoms with Crippen LogP contribution < -0.4 is 5.32 Å². The molecule has 1 amide bonds. The van der Waals surface area contributed by atoms with E-state index >= 15 is 0 Å². The molecular formula is C14H29N3O2W. The maximum absolute atomic E-state index is 11.2. The molecule has 0 radical (unpaired) electrons. The molecule has 1 rings (SSSR count). The Labute approximate surface area is 138 Å². The average molecular weight is 455 g/mol. The molecule has 0 unspecified atom stereocenters. The summed E-state index contributed by atoms with van der Waals surface area (Å²) in [5.74, 6) is 0.153. The number of carbonyl (C=O) groups excluding carboxylic acids is 1. The Bertz CT molecular complexity index is 222. The van der Waals surface area contributed by atoms with Crippen molar-refractivity contribution in [1.29, 1.82) is 0 Å². The maximum atomic E-state index is 11.2. The molecule has 0 spiro atoms. The summed E-state index contributed by atoms with van der Waals surface area (Å²) in [5, 5.41) is 2.84. The Morgan fingerprint density at radius 3 is 2.45 bits per heavy atom. The summed E-state index contributed by atoms with van der Waals surface area (Å²) in [4.78, 5) is 13.7. The number of ether oxygens (including phenoxy) is 1. The van der Waals surface area contributed by atoms with Crippen LogP contribution in [0.4, 0.5) is 0 Å². The summed E-state index contributed by atoms with van der Waals surface area (Å²) < 4.78 is 5.50. The maximum Gasteiger partial charge on any atom is 2.00 e. The fourth-order valence-electron chi connectivity index (χ4n) is 1.77. The van der Waals surface area contributed by atoms with Gasteiger partial charge in [0.2, 0.25) is 5.91 Å². The third-order valence-electron chi connectivity index (χ3n) is 2.92. The third kappa shape index (κ3) is 11.8. The quantitative estimate of drug-likeness (QED) is 0.470. The zero-order valence-corrected chi connectivity index (χ0v) is 15.9. The SMILES string of the molecule is CC(C)C(=O)NCCOCCN1CC[CH-]CC1.C[NH-].[W+2]. The van der Waals surface area contributed by atoms with E-state index < -0.39 is 0 Å². The van der Waals surface area contributed by atoms with Crippen molar-refractivity contribution in [1.82, 2.24) is 10.2 Å². The van der Waals surface area contributed by atoms with Crippen molar-refractivity contribution >= 4 is 5.91 Å². The number of nitrogens with one attached hydrogen (secondary N) is 2. The van der Waals surface area contributed by atoms with Gasteiger partial charge in [-0.15, -0.1) is 0 Å². The van der Waals surface area contributed by atoms with Crippen LogP contribution in [0, 0.1) is 12.3 Å². The molecule has 0 saturated carbocycles. The molecule has 0 aliphatic carbocycles. The van der Waals surface area contributed by atoms with Gasteiger partial charge in [0.1, 0.15) is 0 Å². The van der Waals surface area contributed by atoms with E-state index in [1.165, 1.54) is 19.9 Å². The summed E-state index contributed by atoms with van der Waals surface area (Å²) in [6.07, 6.45) is 4.74. The van der Waals surface area contributed by atoms with E-state index in [1.807, 2.05) is 13.8 Å². The normalized spacial score (nSPS) is 15.1. The van der Waals surface area contributed by atoms with E-state index in [0.29, 0.717) is 13.2 Å². The molecule has 0 aromatic rings. The molecule has 0 aromatic heterocycles. The van der Waals surface area contributed by atoms with E-state index in [-0.39, 0.29) is 32.9 Å². The largest absolute Gasteiger partial charge is 2.00 e. The minimum absolute atomic E-state index is 0. The molecule has 20 heavy (non-hydrogen) atoms. The van der Waals surface area contributed by atoms with Crippen LogP contribution in [-0.2, 0) is 30.6 Å². The Kier molecular flexibility index (Phi) is 17.2. The van der Waals surface area contributed by atoms with E-state index in [9.17, 15) is 4.79 Å². The van der Waals surface area contributed by atoms with Gasteiger partial charge in [-0.1, -0.05) is 13.8 Å². The fourth-order valence-corrected chi connectivity index (χ4v) is 1.77. The van der Waals surface area contributed by atoms with Crippen LogP contribution >= 0.6 is 0 Å². The van der Waals surface area contributed by atoms with Crippen molar-refractivity contribution in [3.8, 4) is 0 Å². The van der Waals surface area contributed by atoms with Crippen molar-refractivity contribution in [2.24, 2.45) is 5.92 Å². The van der Waals surface area contributed by atoms with E-state index in [2.05, 4.69) is 16.6 Å². The monoisotopic (exact) mass is 455 g/mol. The Hall–Kier alpha value is 0.0383. The van der Waals surface area contributed by atoms with Gasteiger partial charge < -0.3 is 27.1 Å². The van der Waals surface area contributed by atoms with Gasteiger partial charge >= 0.3 is 21.1 Å². The van der Waals surface area contributed by atoms with Gasteiger partial charge in [-0.2, -0.15) is 19.9 Å². The first-order valence-corrected chi connectivity index (χ1v) is 7.09. The molecule has 1 saturated heterocycles. The second-order valence-corrected chi connectivity index (χ2v) is 4.77. The van der Waals surface area contributed by atoms with E-state index in [0.717, 1.165) is 26.2 Å². The van der Waals surface area contributed by atoms with Crippen LogP contribution in [0.1, 0.15) is 26.7 Å². The van der Waals surface area contributed by atoms with Gasteiger partial charge in [0.15, 0.2) is 0 Å². The van der Waals surface area contributed by atoms with Crippen molar-refractivity contribution in [3.63, 3.8) is 0 Å². The second-order valence-electron chi connectivity index (χ2n) is 4.77. The predicted molar refractivity (Wildman–Crippen MR) is 78.9 cm³/mol. The summed E-state index contributed by atoms with van der Waals surface area (Å²) in [6.45, 7) is 9.10. The van der Waals surface area contributed by atoms with Crippen molar-refractivity contribution in [3.05, 3.63) is 12.2 Å². The summed E-state index contributed by atoms with van der Waals surface area (Å²) in [7, 11) is 1.25. The first-order valence-electron chi connectivity index (χ1n) is 7.09. The molecule has 118 valence electrons. The van der Waals surface area contributed by atoms with Gasteiger partial charge in [0.05, 0.1) is 13.2 Å². The Morgan fingerprint density at radius 2 is 1.90 bits per heavy atom. The number of carbonyl (C=O) groups is 1. The second kappa shape index (κ2) is 15.4. The van der Waals surface area contributed by atoms with Gasteiger partial charge in [-0.25, -0.2) is 0 Å². The number of hydrogen-bond acceptors (Lipinski definition) is 3. The minimum atomic E-state index is 0. The molecule has 6 heteroatoms. The molecule has 2 N–H and O–H groups in total. The summed E-state index contributed by atoms with van der Waals surface area (Å²) in [5.41, 5.74) is 5.75. The molecule has 1 fully saturated rings. The van der Waals surface area contributed by atoms with E-state index in [4.69, 9.17) is 10.5 Å². The zero-order valence-electron chi connectivity index (χ0n) is 13.0. The molecule has 5 nitrogen and oxygen atoms in total. The number of rotatable bonds is 7. The van der Waals surface area contributed by atoms with Crippen LogP contribution in [0.25, 0.3) is 5.73 Å². The molecule has 1 heterocycles. The number of likely N-dealkylation sites (tertiary alicyclic amines) is 1.